The number of benzene rings is 1. The summed E-state index contributed by atoms with van der Waals surface area (Å²) in [4.78, 5) is 36.6. The van der Waals surface area contributed by atoms with Crippen LogP contribution in [0.3, 0.4) is 0 Å². The fourth-order valence-corrected chi connectivity index (χ4v) is 3.33. The number of ether oxygens (including phenoxy) is 9. The lowest BCUT2D eigenvalue weighted by Crippen LogP contribution is -2.49. The van der Waals surface area contributed by atoms with Crippen LogP contribution >= 0.6 is 0 Å². The highest BCUT2D eigenvalue weighted by atomic mass is 16.7. The van der Waals surface area contributed by atoms with E-state index in [1.165, 1.54) is 13.8 Å². The number of carbonyl (C=O) groups is 3. The second kappa shape index (κ2) is 18.6. The van der Waals surface area contributed by atoms with E-state index in [-0.39, 0.29) is 6.42 Å². The highest BCUT2D eigenvalue weighted by molar-refractivity contribution is 6.16. The largest absolute Gasteiger partial charge is 0.491 e. The van der Waals surface area contributed by atoms with Gasteiger partial charge in [-0.3, -0.25) is 14.4 Å². The zero-order valence-electron chi connectivity index (χ0n) is 23.0. The lowest BCUT2D eigenvalue weighted by Gasteiger charge is -2.32. The second-order valence-electron chi connectivity index (χ2n) is 8.87. The molecule has 220 valence electrons. The Kier molecular flexibility index (Phi) is 15.6. The van der Waals surface area contributed by atoms with Crippen molar-refractivity contribution in [1.29, 1.82) is 0 Å². The van der Waals surface area contributed by atoms with E-state index in [0.29, 0.717) is 90.6 Å². The summed E-state index contributed by atoms with van der Waals surface area (Å²) >= 11 is 0. The number of ketones is 1. The maximum atomic E-state index is 12.5. The van der Waals surface area contributed by atoms with Gasteiger partial charge in [-0.1, -0.05) is 12.1 Å². The first-order valence-corrected chi connectivity index (χ1v) is 12.9. The highest BCUT2D eigenvalue weighted by Crippen LogP contribution is 2.24. The number of cyclic esters (lactones) is 2. The van der Waals surface area contributed by atoms with Gasteiger partial charge in [-0.15, -0.1) is 0 Å². The summed E-state index contributed by atoms with van der Waals surface area (Å²) in [6.45, 7) is 8.61. The molecule has 12 nitrogen and oxygen atoms in total. The predicted octanol–water partition coefficient (Wildman–Crippen LogP) is 1.36. The van der Waals surface area contributed by atoms with Crippen LogP contribution in [-0.4, -0.2) is 110 Å². The number of hydrogen-bond donors (Lipinski definition) is 0. The van der Waals surface area contributed by atoms with Gasteiger partial charge < -0.3 is 42.6 Å². The molecule has 0 unspecified atom stereocenters. The lowest BCUT2D eigenvalue weighted by atomic mass is 9.97. The van der Waals surface area contributed by atoms with Crippen LogP contribution in [0.15, 0.2) is 24.3 Å². The maximum Gasteiger partial charge on any atom is 0.331 e. The molecule has 1 aromatic rings. The van der Waals surface area contributed by atoms with Crippen molar-refractivity contribution in [2.45, 2.75) is 26.1 Å². The van der Waals surface area contributed by atoms with Gasteiger partial charge in [0.1, 0.15) is 12.4 Å². The van der Waals surface area contributed by atoms with E-state index in [4.69, 9.17) is 42.6 Å². The van der Waals surface area contributed by atoms with Crippen molar-refractivity contribution in [1.82, 2.24) is 0 Å². The Morgan fingerprint density at radius 3 is 1.54 bits per heavy atom. The first kappa shape index (κ1) is 32.6. The van der Waals surface area contributed by atoms with E-state index in [2.05, 4.69) is 0 Å². The summed E-state index contributed by atoms with van der Waals surface area (Å²) in [5.41, 5.74) is 0.631. The number of rotatable bonds is 22. The van der Waals surface area contributed by atoms with Crippen LogP contribution in [-0.2, 0) is 58.7 Å². The molecule has 2 rings (SSSR count). The van der Waals surface area contributed by atoms with Crippen LogP contribution in [0.2, 0.25) is 0 Å². The summed E-state index contributed by atoms with van der Waals surface area (Å²) in [6.07, 6.45) is -0.109. The third-order valence-corrected chi connectivity index (χ3v) is 5.20. The van der Waals surface area contributed by atoms with Gasteiger partial charge in [-0.05, 0) is 17.7 Å². The molecule has 0 saturated carbocycles. The van der Waals surface area contributed by atoms with E-state index in [1.54, 1.807) is 31.4 Å². The number of Topliss-reactive ketones (excluding diaryl/α,β-unsaturated/α-hetero) is 1. The molecule has 0 atom stereocenters. The molecule has 1 aliphatic heterocycles. The molecule has 1 saturated heterocycles. The van der Waals surface area contributed by atoms with Crippen LogP contribution in [0.4, 0.5) is 0 Å². The minimum Gasteiger partial charge on any atom is -0.491 e. The monoisotopic (exact) mass is 556 g/mol. The van der Waals surface area contributed by atoms with Crippen molar-refractivity contribution in [3.8, 4) is 5.75 Å². The van der Waals surface area contributed by atoms with E-state index >= 15 is 0 Å². The number of carbonyl (C=O) groups excluding carboxylic acids is 3. The molecule has 1 heterocycles. The van der Waals surface area contributed by atoms with Gasteiger partial charge >= 0.3 is 11.9 Å². The minimum atomic E-state index is -1.57. The first-order chi connectivity index (χ1) is 18.8. The van der Waals surface area contributed by atoms with Crippen molar-refractivity contribution in [2.75, 3.05) is 86.4 Å². The van der Waals surface area contributed by atoms with Crippen molar-refractivity contribution in [2.24, 2.45) is 5.92 Å². The second-order valence-corrected chi connectivity index (χ2v) is 8.87. The Morgan fingerprint density at radius 1 is 0.692 bits per heavy atom. The van der Waals surface area contributed by atoms with Crippen LogP contribution in [0, 0.1) is 5.92 Å². The average Bonchev–Trinajstić information content (AvgIpc) is 2.87. The third-order valence-electron chi connectivity index (χ3n) is 5.20. The molecule has 0 spiro atoms. The molecular formula is C27H40O12. The molecule has 0 N–H and O–H groups in total. The molecule has 0 amide bonds. The van der Waals surface area contributed by atoms with E-state index in [0.717, 1.165) is 0 Å². The highest BCUT2D eigenvalue weighted by Gasteiger charge is 2.46. The van der Waals surface area contributed by atoms with Crippen LogP contribution in [0.5, 0.6) is 5.75 Å². The zero-order valence-corrected chi connectivity index (χ0v) is 23.0. The summed E-state index contributed by atoms with van der Waals surface area (Å²) in [7, 11) is 1.63. The fraction of sp³-hybridized carbons (Fsp3) is 0.667. The van der Waals surface area contributed by atoms with Crippen molar-refractivity contribution < 1.29 is 57.0 Å². The van der Waals surface area contributed by atoms with Gasteiger partial charge in [-0.2, -0.15) is 0 Å². The molecule has 0 aromatic heterocycles. The van der Waals surface area contributed by atoms with E-state index in [9.17, 15) is 14.4 Å². The number of esters is 2. The van der Waals surface area contributed by atoms with E-state index < -0.39 is 29.4 Å². The Bertz CT molecular complexity index is 835. The molecule has 39 heavy (non-hydrogen) atoms. The third kappa shape index (κ3) is 13.8. The van der Waals surface area contributed by atoms with Gasteiger partial charge in [0.05, 0.1) is 72.7 Å². The Hall–Kier alpha value is -2.61. The van der Waals surface area contributed by atoms with Gasteiger partial charge in [-0.25, -0.2) is 0 Å². The van der Waals surface area contributed by atoms with Crippen molar-refractivity contribution >= 4 is 17.7 Å². The first-order valence-electron chi connectivity index (χ1n) is 12.9. The van der Waals surface area contributed by atoms with Crippen LogP contribution in [0.1, 0.15) is 19.4 Å². The van der Waals surface area contributed by atoms with Gasteiger partial charge in [0.25, 0.3) is 5.79 Å². The summed E-state index contributed by atoms with van der Waals surface area (Å²) < 4.78 is 47.5. The molecular weight excluding hydrogens is 516 g/mol. The standard InChI is InChI=1S/C27H40O12/c1-27(2)38-25(29)24(26(30)39-27)23(28)20-21-4-6-22(7-5-21)37-19-18-36-17-16-35-15-14-34-13-12-33-11-10-32-9-8-31-3/h4-7,24H,8-20H2,1-3H3. The maximum absolute atomic E-state index is 12.5. The molecule has 1 aliphatic rings. The summed E-state index contributed by atoms with van der Waals surface area (Å²) in [5.74, 6) is -4.70. The lowest BCUT2D eigenvalue weighted by molar-refractivity contribution is -0.238. The minimum absolute atomic E-state index is 0.109. The number of methoxy groups -OCH3 is 1. The van der Waals surface area contributed by atoms with Gasteiger partial charge in [0.15, 0.2) is 5.78 Å². The molecule has 0 radical (unpaired) electrons. The van der Waals surface area contributed by atoms with Crippen molar-refractivity contribution in [3.05, 3.63) is 29.8 Å². The smallest absolute Gasteiger partial charge is 0.331 e. The number of hydrogen-bond acceptors (Lipinski definition) is 12. The summed E-state index contributed by atoms with van der Waals surface area (Å²) in [6, 6.07) is 6.79. The SMILES string of the molecule is COCCOCCOCCOCCOCCOCCOc1ccc(CC(=O)C2C(=O)OC(C)(C)OC2=O)cc1. The van der Waals surface area contributed by atoms with Crippen LogP contribution < -0.4 is 4.74 Å². The Morgan fingerprint density at radius 2 is 1.10 bits per heavy atom. The average molecular weight is 557 g/mol. The molecule has 1 aromatic carbocycles. The van der Waals surface area contributed by atoms with Crippen molar-refractivity contribution in [3.63, 3.8) is 0 Å². The van der Waals surface area contributed by atoms with Gasteiger partial charge in [0, 0.05) is 27.4 Å². The Labute approximate surface area is 229 Å². The molecule has 12 heteroatoms. The molecule has 1 fully saturated rings. The predicted molar refractivity (Wildman–Crippen MR) is 136 cm³/mol. The fourth-order valence-electron chi connectivity index (χ4n) is 3.33. The summed E-state index contributed by atoms with van der Waals surface area (Å²) in [5, 5.41) is 0. The molecule has 0 bridgehead atoms. The zero-order chi connectivity index (χ0) is 28.3. The Balaban J connectivity index is 1.44. The van der Waals surface area contributed by atoms with E-state index in [1.807, 2.05) is 0 Å². The quantitative estimate of drug-likeness (QED) is 0.116. The van der Waals surface area contributed by atoms with Gasteiger partial charge in [0.2, 0.25) is 5.92 Å². The normalized spacial score (nSPS) is 15.2. The molecule has 0 aliphatic carbocycles. The van der Waals surface area contributed by atoms with Crippen LogP contribution in [0.25, 0.3) is 0 Å². The topological polar surface area (TPSA) is 134 Å².